The van der Waals surface area contributed by atoms with Gasteiger partial charge in [-0.25, -0.2) is 13.2 Å². The van der Waals surface area contributed by atoms with Crippen LogP contribution in [0.3, 0.4) is 0 Å². The fourth-order valence-electron chi connectivity index (χ4n) is 2.79. The maximum absolute atomic E-state index is 12.9. The summed E-state index contributed by atoms with van der Waals surface area (Å²) in [6, 6.07) is 7.59. The number of nitrogens with one attached hydrogen (secondary N) is 1. The molecule has 0 radical (unpaired) electrons. The van der Waals surface area contributed by atoms with Crippen molar-refractivity contribution in [3.63, 3.8) is 0 Å². The molecule has 2 aromatic carbocycles. The Bertz CT molecular complexity index is 1190. The van der Waals surface area contributed by atoms with Gasteiger partial charge in [0.05, 0.1) is 34.2 Å². The van der Waals surface area contributed by atoms with Gasteiger partial charge in [-0.2, -0.15) is 0 Å². The van der Waals surface area contributed by atoms with Gasteiger partial charge in [-0.15, -0.1) is 0 Å². The van der Waals surface area contributed by atoms with Gasteiger partial charge in [-0.1, -0.05) is 0 Å². The SMILES string of the molecule is CCOC(=O)c1c(C)oc2cc(Br)c(NS(=O)(=O)c3ccc(OC)cc3)c(Br)c12. The molecule has 1 heterocycles. The van der Waals surface area contributed by atoms with Crippen molar-refractivity contribution < 1.29 is 27.1 Å². The van der Waals surface area contributed by atoms with Crippen LogP contribution in [-0.4, -0.2) is 28.1 Å². The Morgan fingerprint density at radius 3 is 2.45 bits per heavy atom. The van der Waals surface area contributed by atoms with Crippen molar-refractivity contribution in [1.29, 1.82) is 0 Å². The van der Waals surface area contributed by atoms with Crippen molar-refractivity contribution in [3.8, 4) is 5.75 Å². The molecule has 0 aliphatic carbocycles. The van der Waals surface area contributed by atoms with Crippen molar-refractivity contribution in [3.05, 3.63) is 50.6 Å². The van der Waals surface area contributed by atoms with Gasteiger partial charge in [0.15, 0.2) is 0 Å². The topological polar surface area (TPSA) is 94.8 Å². The molecule has 0 fully saturated rings. The first-order chi connectivity index (χ1) is 13.7. The highest BCUT2D eigenvalue weighted by atomic mass is 79.9. The Morgan fingerprint density at radius 2 is 1.86 bits per heavy atom. The van der Waals surface area contributed by atoms with Gasteiger partial charge < -0.3 is 13.9 Å². The van der Waals surface area contributed by atoms with Crippen LogP contribution in [0.2, 0.25) is 0 Å². The van der Waals surface area contributed by atoms with Crippen LogP contribution in [0.4, 0.5) is 5.69 Å². The van der Waals surface area contributed by atoms with Crippen LogP contribution in [0.25, 0.3) is 11.0 Å². The van der Waals surface area contributed by atoms with Crippen molar-refractivity contribution >= 4 is 64.5 Å². The summed E-state index contributed by atoms with van der Waals surface area (Å²) in [6.07, 6.45) is 0. The maximum Gasteiger partial charge on any atom is 0.342 e. The Hall–Kier alpha value is -2.04. The molecule has 0 aliphatic rings. The predicted octanol–water partition coefficient (Wildman–Crippen LogP) is 5.25. The number of fused-ring (bicyclic) bond motifs is 1. The number of hydrogen-bond acceptors (Lipinski definition) is 6. The highest BCUT2D eigenvalue weighted by Gasteiger charge is 2.26. The predicted molar refractivity (Wildman–Crippen MR) is 116 cm³/mol. The average Bonchev–Trinajstić information content (AvgIpc) is 3.01. The third-order valence-corrected chi connectivity index (χ3v) is 6.92. The number of sulfonamides is 1. The zero-order chi connectivity index (χ0) is 21.3. The van der Waals surface area contributed by atoms with E-state index in [-0.39, 0.29) is 22.8 Å². The number of carbonyl (C=O) groups excluding carboxylic acids is 1. The number of benzene rings is 2. The zero-order valence-corrected chi connectivity index (χ0v) is 19.7. The molecule has 10 heteroatoms. The van der Waals surface area contributed by atoms with E-state index < -0.39 is 16.0 Å². The number of anilines is 1. The third-order valence-electron chi connectivity index (χ3n) is 4.13. The molecule has 0 saturated carbocycles. The average molecular weight is 547 g/mol. The summed E-state index contributed by atoms with van der Waals surface area (Å²) >= 11 is 6.78. The summed E-state index contributed by atoms with van der Waals surface area (Å²) in [6.45, 7) is 3.55. The normalized spacial score (nSPS) is 11.5. The molecule has 0 amide bonds. The smallest absolute Gasteiger partial charge is 0.342 e. The van der Waals surface area contributed by atoms with Crippen LogP contribution < -0.4 is 9.46 Å². The van der Waals surface area contributed by atoms with E-state index in [9.17, 15) is 13.2 Å². The van der Waals surface area contributed by atoms with Gasteiger partial charge >= 0.3 is 5.97 Å². The van der Waals surface area contributed by atoms with E-state index >= 15 is 0 Å². The molecule has 0 atom stereocenters. The third kappa shape index (κ3) is 4.15. The first-order valence-electron chi connectivity index (χ1n) is 8.44. The number of esters is 1. The van der Waals surface area contributed by atoms with Gasteiger partial charge in [-0.05, 0) is 76.0 Å². The summed E-state index contributed by atoms with van der Waals surface area (Å²) in [7, 11) is -2.40. The molecule has 1 N–H and O–H groups in total. The zero-order valence-electron chi connectivity index (χ0n) is 15.7. The Kier molecular flexibility index (Phi) is 6.25. The monoisotopic (exact) mass is 545 g/mol. The van der Waals surface area contributed by atoms with E-state index in [2.05, 4.69) is 36.6 Å². The van der Waals surface area contributed by atoms with Gasteiger partial charge in [0.25, 0.3) is 10.0 Å². The van der Waals surface area contributed by atoms with Crippen molar-refractivity contribution in [2.45, 2.75) is 18.7 Å². The molecule has 0 unspecified atom stereocenters. The largest absolute Gasteiger partial charge is 0.497 e. The van der Waals surface area contributed by atoms with Gasteiger partial charge in [0, 0.05) is 4.47 Å². The minimum Gasteiger partial charge on any atom is -0.497 e. The Balaban J connectivity index is 2.11. The quantitative estimate of drug-likeness (QED) is 0.424. The van der Waals surface area contributed by atoms with E-state index in [4.69, 9.17) is 13.9 Å². The van der Waals surface area contributed by atoms with Crippen LogP contribution in [0, 0.1) is 6.92 Å². The summed E-state index contributed by atoms with van der Waals surface area (Å²) < 4.78 is 44.9. The summed E-state index contributed by atoms with van der Waals surface area (Å²) in [5, 5.41) is 0.427. The molecule has 7 nitrogen and oxygen atoms in total. The lowest BCUT2D eigenvalue weighted by Crippen LogP contribution is -2.14. The molecule has 0 bridgehead atoms. The van der Waals surface area contributed by atoms with Crippen LogP contribution in [0.1, 0.15) is 23.0 Å². The summed E-state index contributed by atoms with van der Waals surface area (Å²) in [4.78, 5) is 12.5. The molecule has 3 rings (SSSR count). The van der Waals surface area contributed by atoms with Crippen molar-refractivity contribution in [2.24, 2.45) is 0 Å². The molecule has 0 spiro atoms. The minimum atomic E-state index is -3.90. The number of hydrogen-bond donors (Lipinski definition) is 1. The van der Waals surface area contributed by atoms with Crippen LogP contribution in [-0.2, 0) is 14.8 Å². The number of halogens is 2. The molecule has 1 aromatic heterocycles. The molecule has 29 heavy (non-hydrogen) atoms. The number of carbonyl (C=O) groups is 1. The highest BCUT2D eigenvalue weighted by molar-refractivity contribution is 9.11. The summed E-state index contributed by atoms with van der Waals surface area (Å²) in [5.74, 6) is 0.373. The lowest BCUT2D eigenvalue weighted by molar-refractivity contribution is 0.0526. The lowest BCUT2D eigenvalue weighted by atomic mass is 10.1. The first-order valence-corrected chi connectivity index (χ1v) is 11.5. The van der Waals surface area contributed by atoms with Crippen molar-refractivity contribution in [1.82, 2.24) is 0 Å². The van der Waals surface area contributed by atoms with Gasteiger partial charge in [-0.3, -0.25) is 4.72 Å². The molecule has 0 aliphatic heterocycles. The van der Waals surface area contributed by atoms with Crippen molar-refractivity contribution in [2.75, 3.05) is 18.4 Å². The second-order valence-electron chi connectivity index (χ2n) is 5.96. The number of aryl methyl sites for hydroxylation is 1. The second kappa shape index (κ2) is 8.37. The maximum atomic E-state index is 12.9. The van der Waals surface area contributed by atoms with E-state index in [1.807, 2.05) is 0 Å². The number of ether oxygens (including phenoxy) is 2. The van der Waals surface area contributed by atoms with E-state index in [1.165, 1.54) is 19.2 Å². The highest BCUT2D eigenvalue weighted by Crippen LogP contribution is 2.42. The Labute approximate surface area is 184 Å². The number of rotatable bonds is 6. The van der Waals surface area contributed by atoms with E-state index in [0.717, 1.165) is 0 Å². The molecular formula is C19H17Br2NO6S. The fraction of sp³-hybridized carbons (Fsp3) is 0.211. The number of methoxy groups -OCH3 is 1. The minimum absolute atomic E-state index is 0.0613. The first kappa shape index (κ1) is 21.7. The number of furan rings is 1. The van der Waals surface area contributed by atoms with Crippen LogP contribution >= 0.6 is 31.9 Å². The van der Waals surface area contributed by atoms with Gasteiger partial charge in [0.2, 0.25) is 0 Å². The second-order valence-corrected chi connectivity index (χ2v) is 9.28. The lowest BCUT2D eigenvalue weighted by Gasteiger charge is -2.13. The molecular weight excluding hydrogens is 530 g/mol. The standard InChI is InChI=1S/C19H17Br2NO6S/c1-4-27-19(23)15-10(2)28-14-9-13(20)18(17(21)16(14)15)22-29(24,25)12-7-5-11(26-3)6-8-12/h5-9,22H,4H2,1-3H3. The molecule has 0 saturated heterocycles. The van der Waals surface area contributed by atoms with Gasteiger partial charge in [0.1, 0.15) is 22.7 Å². The van der Waals surface area contributed by atoms with Crippen LogP contribution in [0.15, 0.2) is 48.6 Å². The fourth-order valence-corrected chi connectivity index (χ4v) is 5.63. The Morgan fingerprint density at radius 1 is 1.21 bits per heavy atom. The van der Waals surface area contributed by atoms with Crippen LogP contribution in [0.5, 0.6) is 5.75 Å². The van der Waals surface area contributed by atoms with E-state index in [0.29, 0.717) is 31.4 Å². The molecule has 3 aromatic rings. The molecule has 154 valence electrons. The van der Waals surface area contributed by atoms with E-state index in [1.54, 1.807) is 32.0 Å². The summed E-state index contributed by atoms with van der Waals surface area (Å²) in [5.41, 5.74) is 0.891.